The second-order valence-corrected chi connectivity index (χ2v) is 6.10. The number of aromatic nitrogens is 2. The number of rotatable bonds is 4. The first-order chi connectivity index (χ1) is 9.01. The van der Waals surface area contributed by atoms with Gasteiger partial charge in [-0.1, -0.05) is 0 Å². The van der Waals surface area contributed by atoms with Crippen molar-refractivity contribution in [3.63, 3.8) is 0 Å². The summed E-state index contributed by atoms with van der Waals surface area (Å²) in [7, 11) is -2.19. The fourth-order valence-corrected chi connectivity index (χ4v) is 2.46. The zero-order valence-electron chi connectivity index (χ0n) is 9.87. The van der Waals surface area contributed by atoms with Gasteiger partial charge in [-0.25, -0.2) is 23.1 Å². The van der Waals surface area contributed by atoms with Gasteiger partial charge in [0.1, 0.15) is 5.75 Å². The molecule has 2 rings (SSSR count). The predicted molar refractivity (Wildman–Crippen MR) is 73.5 cm³/mol. The van der Waals surface area contributed by atoms with Crippen molar-refractivity contribution in [2.24, 2.45) is 0 Å². The van der Waals surface area contributed by atoms with Gasteiger partial charge in [0.15, 0.2) is 0 Å². The third-order valence-electron chi connectivity index (χ3n) is 2.22. The number of hydrogen-bond donors (Lipinski definition) is 1. The van der Waals surface area contributed by atoms with Crippen LogP contribution in [0, 0.1) is 0 Å². The van der Waals surface area contributed by atoms with Crippen LogP contribution in [0.3, 0.4) is 0 Å². The average molecular weight is 344 g/mol. The van der Waals surface area contributed by atoms with E-state index in [4.69, 9.17) is 4.74 Å². The summed E-state index contributed by atoms with van der Waals surface area (Å²) in [6, 6.07) is 6.02. The summed E-state index contributed by atoms with van der Waals surface area (Å²) >= 11 is 3.17. The Labute approximate surface area is 119 Å². The summed E-state index contributed by atoms with van der Waals surface area (Å²) in [5, 5.41) is 0. The second kappa shape index (κ2) is 5.54. The van der Waals surface area contributed by atoms with Crippen LogP contribution < -0.4 is 9.46 Å². The quantitative estimate of drug-likeness (QED) is 0.918. The van der Waals surface area contributed by atoms with Gasteiger partial charge in [-0.15, -0.1) is 0 Å². The van der Waals surface area contributed by atoms with E-state index in [0.29, 0.717) is 10.2 Å². The molecule has 0 spiro atoms. The summed E-state index contributed by atoms with van der Waals surface area (Å²) in [5.41, 5.74) is 0. The fraction of sp³-hybridized carbons (Fsp3) is 0.0909. The number of benzene rings is 1. The van der Waals surface area contributed by atoms with Crippen LogP contribution in [0.5, 0.6) is 5.75 Å². The molecule has 0 amide bonds. The molecule has 0 aliphatic heterocycles. The number of nitrogens with one attached hydrogen (secondary N) is 1. The van der Waals surface area contributed by atoms with Crippen molar-refractivity contribution in [1.29, 1.82) is 0 Å². The standard InChI is InChI=1S/C11H10BrN3O3S/c1-18-9-2-4-10(5-3-9)19(16,17)15-11-13-6-8(12)7-14-11/h2-7H,1H3,(H,13,14,15). The maximum absolute atomic E-state index is 12.0. The van der Waals surface area contributed by atoms with Gasteiger partial charge in [0.2, 0.25) is 5.95 Å². The highest BCUT2D eigenvalue weighted by Crippen LogP contribution is 2.17. The molecule has 0 bridgehead atoms. The Morgan fingerprint density at radius 3 is 2.26 bits per heavy atom. The number of hydrogen-bond acceptors (Lipinski definition) is 5. The molecule has 0 saturated carbocycles. The number of methoxy groups -OCH3 is 1. The van der Waals surface area contributed by atoms with Crippen molar-refractivity contribution in [3.8, 4) is 5.75 Å². The van der Waals surface area contributed by atoms with Crippen molar-refractivity contribution >= 4 is 31.9 Å². The average Bonchev–Trinajstić information content (AvgIpc) is 2.41. The van der Waals surface area contributed by atoms with Gasteiger partial charge >= 0.3 is 0 Å². The van der Waals surface area contributed by atoms with Gasteiger partial charge in [0, 0.05) is 12.4 Å². The normalized spacial score (nSPS) is 11.1. The second-order valence-electron chi connectivity index (χ2n) is 3.51. The van der Waals surface area contributed by atoms with E-state index in [0.717, 1.165) is 0 Å². The van der Waals surface area contributed by atoms with Crippen molar-refractivity contribution in [2.75, 3.05) is 11.8 Å². The molecule has 0 radical (unpaired) electrons. The fourth-order valence-electron chi connectivity index (χ4n) is 1.30. The Balaban J connectivity index is 2.24. The number of anilines is 1. The van der Waals surface area contributed by atoms with E-state index in [9.17, 15) is 8.42 Å². The van der Waals surface area contributed by atoms with E-state index in [-0.39, 0.29) is 10.8 Å². The molecule has 0 atom stereocenters. The highest BCUT2D eigenvalue weighted by molar-refractivity contribution is 9.10. The maximum Gasteiger partial charge on any atom is 0.264 e. The Morgan fingerprint density at radius 2 is 1.74 bits per heavy atom. The summed E-state index contributed by atoms with van der Waals surface area (Å²) in [4.78, 5) is 7.81. The van der Waals surface area contributed by atoms with E-state index >= 15 is 0 Å². The van der Waals surface area contributed by atoms with Crippen LogP contribution >= 0.6 is 15.9 Å². The van der Waals surface area contributed by atoms with Crippen LogP contribution in [0.25, 0.3) is 0 Å². The molecule has 0 unspecified atom stereocenters. The van der Waals surface area contributed by atoms with Gasteiger partial charge in [0.05, 0.1) is 16.5 Å². The number of halogens is 1. The molecular weight excluding hydrogens is 334 g/mol. The van der Waals surface area contributed by atoms with Crippen LogP contribution in [0.1, 0.15) is 0 Å². The molecule has 6 nitrogen and oxygen atoms in total. The van der Waals surface area contributed by atoms with Gasteiger partial charge in [-0.05, 0) is 40.2 Å². The third kappa shape index (κ3) is 3.42. The minimum Gasteiger partial charge on any atom is -0.497 e. The van der Waals surface area contributed by atoms with Crippen LogP contribution in [0.4, 0.5) is 5.95 Å². The molecule has 0 aliphatic rings. The van der Waals surface area contributed by atoms with E-state index in [1.165, 1.54) is 31.6 Å². The van der Waals surface area contributed by atoms with Crippen molar-refractivity contribution < 1.29 is 13.2 Å². The Hall–Kier alpha value is -1.67. The van der Waals surface area contributed by atoms with E-state index in [2.05, 4.69) is 30.6 Å². The zero-order valence-corrected chi connectivity index (χ0v) is 12.3. The van der Waals surface area contributed by atoms with E-state index < -0.39 is 10.0 Å². The lowest BCUT2D eigenvalue weighted by Crippen LogP contribution is -2.14. The summed E-state index contributed by atoms with van der Waals surface area (Å²) in [5.74, 6) is 0.595. The Morgan fingerprint density at radius 1 is 1.16 bits per heavy atom. The van der Waals surface area contributed by atoms with Crippen LogP contribution in [-0.2, 0) is 10.0 Å². The number of ether oxygens (including phenoxy) is 1. The van der Waals surface area contributed by atoms with Crippen molar-refractivity contribution in [1.82, 2.24) is 9.97 Å². The lowest BCUT2D eigenvalue weighted by atomic mass is 10.3. The zero-order chi connectivity index (χ0) is 13.9. The first-order valence-corrected chi connectivity index (χ1v) is 7.43. The van der Waals surface area contributed by atoms with Gasteiger partial charge < -0.3 is 4.74 Å². The minimum absolute atomic E-state index is 0.0130. The highest BCUT2D eigenvalue weighted by Gasteiger charge is 2.15. The summed E-state index contributed by atoms with van der Waals surface area (Å²) in [6.07, 6.45) is 2.91. The number of nitrogens with zero attached hydrogens (tertiary/aromatic N) is 2. The lowest BCUT2D eigenvalue weighted by Gasteiger charge is -2.07. The first kappa shape index (κ1) is 13.8. The van der Waals surface area contributed by atoms with Gasteiger partial charge in [-0.2, -0.15) is 0 Å². The van der Waals surface area contributed by atoms with Crippen molar-refractivity contribution in [2.45, 2.75) is 4.90 Å². The molecule has 0 saturated heterocycles. The molecule has 100 valence electrons. The Bertz CT molecular complexity index is 657. The minimum atomic E-state index is -3.70. The molecule has 0 fully saturated rings. The number of sulfonamides is 1. The van der Waals surface area contributed by atoms with Crippen LogP contribution in [0.2, 0.25) is 0 Å². The molecule has 1 heterocycles. The van der Waals surface area contributed by atoms with E-state index in [1.807, 2.05) is 0 Å². The summed E-state index contributed by atoms with van der Waals surface area (Å²) < 4.78 is 32.0. The topological polar surface area (TPSA) is 81.2 Å². The van der Waals surface area contributed by atoms with E-state index in [1.54, 1.807) is 12.1 Å². The smallest absolute Gasteiger partial charge is 0.264 e. The van der Waals surface area contributed by atoms with Crippen LogP contribution in [-0.4, -0.2) is 25.5 Å². The molecule has 2 aromatic rings. The largest absolute Gasteiger partial charge is 0.497 e. The monoisotopic (exact) mass is 343 g/mol. The molecule has 1 aromatic carbocycles. The van der Waals surface area contributed by atoms with Crippen LogP contribution in [0.15, 0.2) is 46.0 Å². The van der Waals surface area contributed by atoms with Crippen molar-refractivity contribution in [3.05, 3.63) is 41.1 Å². The highest BCUT2D eigenvalue weighted by atomic mass is 79.9. The Kier molecular flexibility index (Phi) is 4.01. The lowest BCUT2D eigenvalue weighted by molar-refractivity contribution is 0.414. The predicted octanol–water partition coefficient (Wildman–Crippen LogP) is 2.05. The van der Waals surface area contributed by atoms with Gasteiger partial charge in [0.25, 0.3) is 10.0 Å². The molecule has 0 aliphatic carbocycles. The molecule has 8 heteroatoms. The molecular formula is C11H10BrN3O3S. The summed E-state index contributed by atoms with van der Waals surface area (Å²) in [6.45, 7) is 0. The SMILES string of the molecule is COc1ccc(S(=O)(=O)Nc2ncc(Br)cn2)cc1. The molecule has 19 heavy (non-hydrogen) atoms. The maximum atomic E-state index is 12.0. The first-order valence-electron chi connectivity index (χ1n) is 5.16. The third-order valence-corrected chi connectivity index (χ3v) is 3.97. The molecule has 1 aromatic heterocycles. The molecule has 1 N–H and O–H groups in total. The van der Waals surface area contributed by atoms with Gasteiger partial charge in [-0.3, -0.25) is 0 Å².